The van der Waals surface area contributed by atoms with Crippen LogP contribution in [0.15, 0.2) is 48.5 Å². The molecular formula is C16H15FO2. The lowest BCUT2D eigenvalue weighted by Gasteiger charge is -2.05. The summed E-state index contributed by atoms with van der Waals surface area (Å²) in [6.45, 7) is 2.02. The van der Waals surface area contributed by atoms with Crippen LogP contribution in [-0.2, 0) is 11.3 Å². The molecule has 0 bridgehead atoms. The van der Waals surface area contributed by atoms with Gasteiger partial charge in [0.1, 0.15) is 12.4 Å². The van der Waals surface area contributed by atoms with Gasteiger partial charge < -0.3 is 4.74 Å². The van der Waals surface area contributed by atoms with Crippen molar-refractivity contribution in [2.24, 2.45) is 0 Å². The van der Waals surface area contributed by atoms with Crippen molar-refractivity contribution in [1.29, 1.82) is 0 Å². The average Bonchev–Trinajstić information content (AvgIpc) is 2.41. The number of hydrogen-bond donors (Lipinski definition) is 0. The Labute approximate surface area is 111 Å². The fraction of sp³-hybridized carbons (Fsp3) is 0.188. The van der Waals surface area contributed by atoms with E-state index >= 15 is 0 Å². The van der Waals surface area contributed by atoms with Crippen molar-refractivity contribution in [3.8, 4) is 0 Å². The Morgan fingerprint density at radius 1 is 1.11 bits per heavy atom. The first kappa shape index (κ1) is 13.4. The van der Waals surface area contributed by atoms with E-state index in [4.69, 9.17) is 4.74 Å². The van der Waals surface area contributed by atoms with Gasteiger partial charge in [-0.2, -0.15) is 0 Å². The molecule has 19 heavy (non-hydrogen) atoms. The third kappa shape index (κ3) is 3.73. The molecule has 2 rings (SSSR count). The molecular weight excluding hydrogens is 243 g/mol. The van der Waals surface area contributed by atoms with Crippen molar-refractivity contribution < 1.29 is 13.9 Å². The van der Waals surface area contributed by atoms with E-state index in [2.05, 4.69) is 0 Å². The minimum Gasteiger partial charge on any atom is -0.369 e. The van der Waals surface area contributed by atoms with Gasteiger partial charge in [-0.15, -0.1) is 0 Å². The summed E-state index contributed by atoms with van der Waals surface area (Å²) in [5.41, 5.74) is 2.17. The van der Waals surface area contributed by atoms with Crippen LogP contribution in [0.25, 0.3) is 0 Å². The van der Waals surface area contributed by atoms with E-state index in [-0.39, 0.29) is 24.8 Å². The molecule has 2 aromatic rings. The second-order valence-corrected chi connectivity index (χ2v) is 4.37. The van der Waals surface area contributed by atoms with Crippen LogP contribution in [0.2, 0.25) is 0 Å². The Bertz CT molecular complexity index is 561. The smallest absolute Gasteiger partial charge is 0.188 e. The molecule has 2 nitrogen and oxygen atoms in total. The van der Waals surface area contributed by atoms with Gasteiger partial charge in [0.15, 0.2) is 5.78 Å². The maximum atomic E-state index is 13.3. The van der Waals surface area contributed by atoms with E-state index in [1.807, 2.05) is 19.1 Å². The van der Waals surface area contributed by atoms with Crippen molar-refractivity contribution in [3.63, 3.8) is 0 Å². The molecule has 0 aliphatic rings. The van der Waals surface area contributed by atoms with Gasteiger partial charge in [0.05, 0.1) is 6.61 Å². The standard InChI is InChI=1S/C16H15FO2/c1-12-6-8-13(9-7-12)16(18)11-19-10-14-4-2-3-5-15(14)17/h2-9H,10-11H2,1H3. The van der Waals surface area contributed by atoms with Gasteiger partial charge in [-0.05, 0) is 13.0 Å². The normalized spacial score (nSPS) is 10.4. The number of benzene rings is 2. The lowest BCUT2D eigenvalue weighted by atomic mass is 10.1. The molecule has 0 radical (unpaired) electrons. The predicted octanol–water partition coefficient (Wildman–Crippen LogP) is 3.53. The van der Waals surface area contributed by atoms with Crippen molar-refractivity contribution in [2.75, 3.05) is 6.61 Å². The highest BCUT2D eigenvalue weighted by Crippen LogP contribution is 2.09. The molecule has 3 heteroatoms. The molecule has 0 amide bonds. The van der Waals surface area contributed by atoms with E-state index in [9.17, 15) is 9.18 Å². The number of carbonyl (C=O) groups excluding carboxylic acids is 1. The average molecular weight is 258 g/mol. The fourth-order valence-corrected chi connectivity index (χ4v) is 1.69. The van der Waals surface area contributed by atoms with Crippen molar-refractivity contribution in [1.82, 2.24) is 0 Å². The maximum absolute atomic E-state index is 13.3. The lowest BCUT2D eigenvalue weighted by Crippen LogP contribution is -2.09. The largest absolute Gasteiger partial charge is 0.369 e. The number of aryl methyl sites for hydroxylation is 1. The number of ketones is 1. The quantitative estimate of drug-likeness (QED) is 0.767. The number of halogens is 1. The number of Topliss-reactive ketones (excluding diaryl/α,β-unsaturated/α-hetero) is 1. The van der Waals surface area contributed by atoms with E-state index in [1.165, 1.54) is 6.07 Å². The van der Waals surface area contributed by atoms with Gasteiger partial charge >= 0.3 is 0 Å². The highest BCUT2D eigenvalue weighted by Gasteiger charge is 2.07. The molecule has 98 valence electrons. The Kier molecular flexibility index (Phi) is 4.42. The summed E-state index contributed by atoms with van der Waals surface area (Å²) < 4.78 is 18.6. The second-order valence-electron chi connectivity index (χ2n) is 4.37. The third-order valence-electron chi connectivity index (χ3n) is 2.82. The number of ether oxygens (including phenoxy) is 1. The van der Waals surface area contributed by atoms with Crippen LogP contribution in [0.5, 0.6) is 0 Å². The molecule has 0 aliphatic carbocycles. The van der Waals surface area contributed by atoms with Crippen LogP contribution < -0.4 is 0 Å². The molecule has 0 fully saturated rings. The maximum Gasteiger partial charge on any atom is 0.188 e. The summed E-state index contributed by atoms with van der Waals surface area (Å²) in [7, 11) is 0. The monoisotopic (exact) mass is 258 g/mol. The first-order chi connectivity index (χ1) is 9.16. The second kappa shape index (κ2) is 6.25. The molecule has 0 spiro atoms. The summed E-state index contributed by atoms with van der Waals surface area (Å²) in [5, 5.41) is 0. The van der Waals surface area contributed by atoms with E-state index in [0.717, 1.165) is 5.56 Å². The minimum absolute atomic E-state index is 0.0443. The summed E-state index contributed by atoms with van der Waals surface area (Å²) in [6.07, 6.45) is 0. The molecule has 0 N–H and O–H groups in total. The van der Waals surface area contributed by atoms with Crippen LogP contribution >= 0.6 is 0 Å². The molecule has 0 aliphatic heterocycles. The molecule has 0 atom stereocenters. The van der Waals surface area contributed by atoms with Crippen molar-refractivity contribution in [2.45, 2.75) is 13.5 Å². The Hall–Kier alpha value is -2.00. The summed E-state index contributed by atoms with van der Waals surface area (Å²) in [4.78, 5) is 11.8. The molecule has 0 aromatic heterocycles. The van der Waals surface area contributed by atoms with E-state index < -0.39 is 0 Å². The van der Waals surface area contributed by atoms with Gasteiger partial charge in [-0.1, -0.05) is 48.0 Å². The van der Waals surface area contributed by atoms with Crippen LogP contribution in [0.4, 0.5) is 4.39 Å². The highest BCUT2D eigenvalue weighted by atomic mass is 19.1. The predicted molar refractivity (Wildman–Crippen MR) is 71.6 cm³/mol. The Morgan fingerprint density at radius 2 is 1.79 bits per heavy atom. The zero-order valence-electron chi connectivity index (χ0n) is 10.7. The van der Waals surface area contributed by atoms with Crippen LogP contribution in [-0.4, -0.2) is 12.4 Å². The third-order valence-corrected chi connectivity index (χ3v) is 2.82. The van der Waals surface area contributed by atoms with Crippen LogP contribution in [0, 0.1) is 12.7 Å². The van der Waals surface area contributed by atoms with Crippen LogP contribution in [0.1, 0.15) is 21.5 Å². The van der Waals surface area contributed by atoms with Gasteiger partial charge in [0.25, 0.3) is 0 Å². The SMILES string of the molecule is Cc1ccc(C(=O)COCc2ccccc2F)cc1. The Morgan fingerprint density at radius 3 is 2.47 bits per heavy atom. The summed E-state index contributed by atoms with van der Waals surface area (Å²) in [6, 6.07) is 13.7. The minimum atomic E-state index is -0.315. The summed E-state index contributed by atoms with van der Waals surface area (Å²) in [5.74, 6) is -0.415. The van der Waals surface area contributed by atoms with E-state index in [1.54, 1.807) is 30.3 Å². The Balaban J connectivity index is 1.88. The van der Waals surface area contributed by atoms with E-state index in [0.29, 0.717) is 11.1 Å². The van der Waals surface area contributed by atoms with Crippen molar-refractivity contribution >= 4 is 5.78 Å². The molecule has 0 saturated carbocycles. The summed E-state index contributed by atoms with van der Waals surface area (Å²) >= 11 is 0. The topological polar surface area (TPSA) is 26.3 Å². The zero-order chi connectivity index (χ0) is 13.7. The van der Waals surface area contributed by atoms with Gasteiger partial charge in [0.2, 0.25) is 0 Å². The van der Waals surface area contributed by atoms with Crippen LogP contribution in [0.3, 0.4) is 0 Å². The zero-order valence-corrected chi connectivity index (χ0v) is 10.7. The van der Waals surface area contributed by atoms with Gasteiger partial charge in [-0.25, -0.2) is 4.39 Å². The number of carbonyl (C=O) groups is 1. The van der Waals surface area contributed by atoms with Gasteiger partial charge in [-0.3, -0.25) is 4.79 Å². The first-order valence-electron chi connectivity index (χ1n) is 6.08. The molecule has 0 saturated heterocycles. The number of hydrogen-bond acceptors (Lipinski definition) is 2. The molecule has 0 heterocycles. The first-order valence-corrected chi connectivity index (χ1v) is 6.08. The molecule has 0 unspecified atom stereocenters. The number of rotatable bonds is 5. The fourth-order valence-electron chi connectivity index (χ4n) is 1.69. The molecule has 2 aromatic carbocycles. The van der Waals surface area contributed by atoms with Crippen molar-refractivity contribution in [3.05, 3.63) is 71.0 Å². The lowest BCUT2D eigenvalue weighted by molar-refractivity contribution is 0.0721. The van der Waals surface area contributed by atoms with Gasteiger partial charge in [0, 0.05) is 11.1 Å². The highest BCUT2D eigenvalue weighted by molar-refractivity contribution is 5.97.